The molecule has 0 N–H and O–H groups in total. The Morgan fingerprint density at radius 1 is 1.12 bits per heavy atom. The van der Waals surface area contributed by atoms with Crippen LogP contribution in [0.1, 0.15) is 45.1 Å². The lowest BCUT2D eigenvalue weighted by atomic mass is 9.79. The molecule has 0 nitrogen and oxygen atoms in total. The van der Waals surface area contributed by atoms with E-state index in [0.717, 1.165) is 16.9 Å². The maximum absolute atomic E-state index is 5.89. The highest BCUT2D eigenvalue weighted by atomic mass is 35.5. The van der Waals surface area contributed by atoms with Crippen LogP contribution in [-0.2, 0) is 0 Å². The lowest BCUT2D eigenvalue weighted by molar-refractivity contribution is 0.312. The van der Waals surface area contributed by atoms with E-state index in [4.69, 9.17) is 11.6 Å². The van der Waals surface area contributed by atoms with Gasteiger partial charge in [0.05, 0.1) is 0 Å². The molecular formula is C16H21Cl. The number of rotatable bonds is 2. The average molecular weight is 249 g/mol. The molecule has 0 amide bonds. The Morgan fingerprint density at radius 3 is 2.24 bits per heavy atom. The minimum Gasteiger partial charge on any atom is -0.0843 e. The molecule has 0 heterocycles. The summed E-state index contributed by atoms with van der Waals surface area (Å²) in [7, 11) is 0. The second-order valence-corrected chi connectivity index (χ2v) is 5.87. The van der Waals surface area contributed by atoms with Crippen LogP contribution in [0.5, 0.6) is 0 Å². The fourth-order valence-electron chi connectivity index (χ4n) is 2.62. The van der Waals surface area contributed by atoms with E-state index in [1.807, 2.05) is 12.1 Å². The minimum absolute atomic E-state index is 0.815. The molecule has 1 heteroatoms. The SMILES string of the molecule is CC(C)C1CCC(=Cc2ccc(Cl)cc2)CC1. The van der Waals surface area contributed by atoms with Crippen LogP contribution in [0.15, 0.2) is 29.8 Å². The highest BCUT2D eigenvalue weighted by molar-refractivity contribution is 6.30. The van der Waals surface area contributed by atoms with Gasteiger partial charge in [-0.25, -0.2) is 0 Å². The Labute approximate surface area is 110 Å². The van der Waals surface area contributed by atoms with Gasteiger partial charge in [0.15, 0.2) is 0 Å². The molecule has 17 heavy (non-hydrogen) atoms. The van der Waals surface area contributed by atoms with Gasteiger partial charge in [0.1, 0.15) is 0 Å². The van der Waals surface area contributed by atoms with E-state index >= 15 is 0 Å². The summed E-state index contributed by atoms with van der Waals surface area (Å²) in [6.45, 7) is 4.69. The quantitative estimate of drug-likeness (QED) is 0.642. The van der Waals surface area contributed by atoms with Crippen molar-refractivity contribution in [2.45, 2.75) is 39.5 Å². The summed E-state index contributed by atoms with van der Waals surface area (Å²) in [5.74, 6) is 1.77. The first-order chi connectivity index (χ1) is 8.15. The van der Waals surface area contributed by atoms with Gasteiger partial charge in [0, 0.05) is 5.02 Å². The molecule has 1 aromatic carbocycles. The number of benzene rings is 1. The van der Waals surface area contributed by atoms with Crippen molar-refractivity contribution in [3.05, 3.63) is 40.4 Å². The van der Waals surface area contributed by atoms with Gasteiger partial charge in [-0.1, -0.05) is 49.2 Å². The molecule has 0 aromatic heterocycles. The van der Waals surface area contributed by atoms with Crippen LogP contribution in [0, 0.1) is 11.8 Å². The summed E-state index contributed by atoms with van der Waals surface area (Å²) in [6, 6.07) is 8.13. The van der Waals surface area contributed by atoms with Gasteiger partial charge in [-0.15, -0.1) is 0 Å². The van der Waals surface area contributed by atoms with Crippen LogP contribution in [0.2, 0.25) is 5.02 Å². The van der Waals surface area contributed by atoms with Gasteiger partial charge in [-0.3, -0.25) is 0 Å². The Hall–Kier alpha value is -0.750. The van der Waals surface area contributed by atoms with Crippen molar-refractivity contribution in [1.29, 1.82) is 0 Å². The molecule has 0 unspecified atom stereocenters. The van der Waals surface area contributed by atoms with Gasteiger partial charge in [0.25, 0.3) is 0 Å². The van der Waals surface area contributed by atoms with Crippen molar-refractivity contribution in [3.8, 4) is 0 Å². The molecule has 1 aliphatic rings. The molecule has 1 fully saturated rings. The van der Waals surface area contributed by atoms with Crippen molar-refractivity contribution < 1.29 is 0 Å². The van der Waals surface area contributed by atoms with Crippen LogP contribution < -0.4 is 0 Å². The summed E-state index contributed by atoms with van der Waals surface area (Å²) in [5, 5.41) is 0.815. The smallest absolute Gasteiger partial charge is 0.0406 e. The van der Waals surface area contributed by atoms with Crippen molar-refractivity contribution in [2.75, 3.05) is 0 Å². The van der Waals surface area contributed by atoms with Crippen LogP contribution in [0.4, 0.5) is 0 Å². The van der Waals surface area contributed by atoms with E-state index in [9.17, 15) is 0 Å². The molecule has 1 aliphatic carbocycles. The van der Waals surface area contributed by atoms with Crippen LogP contribution in [0.25, 0.3) is 6.08 Å². The second-order valence-electron chi connectivity index (χ2n) is 5.44. The molecule has 0 bridgehead atoms. The molecule has 0 aliphatic heterocycles. The van der Waals surface area contributed by atoms with E-state index in [-0.39, 0.29) is 0 Å². The summed E-state index contributed by atoms with van der Waals surface area (Å²) >= 11 is 5.89. The Kier molecular flexibility index (Phi) is 4.28. The Morgan fingerprint density at radius 2 is 1.71 bits per heavy atom. The summed E-state index contributed by atoms with van der Waals surface area (Å²) in [6.07, 6.45) is 7.60. The van der Waals surface area contributed by atoms with Gasteiger partial charge in [0.2, 0.25) is 0 Å². The van der Waals surface area contributed by atoms with E-state index < -0.39 is 0 Å². The first-order valence-electron chi connectivity index (χ1n) is 6.60. The van der Waals surface area contributed by atoms with E-state index in [0.29, 0.717) is 0 Å². The summed E-state index contributed by atoms with van der Waals surface area (Å²) < 4.78 is 0. The molecule has 92 valence electrons. The maximum Gasteiger partial charge on any atom is 0.0406 e. The lowest BCUT2D eigenvalue weighted by Gasteiger charge is -2.27. The number of halogens is 1. The third-order valence-corrected chi connectivity index (χ3v) is 4.11. The Bertz CT molecular complexity index is 376. The van der Waals surface area contributed by atoms with Gasteiger partial charge >= 0.3 is 0 Å². The van der Waals surface area contributed by atoms with E-state index in [1.54, 1.807) is 5.57 Å². The van der Waals surface area contributed by atoms with E-state index in [2.05, 4.69) is 32.1 Å². The third kappa shape index (κ3) is 3.61. The number of hydrogen-bond acceptors (Lipinski definition) is 0. The highest BCUT2D eigenvalue weighted by Gasteiger charge is 2.18. The van der Waals surface area contributed by atoms with E-state index in [1.165, 1.54) is 31.2 Å². The first kappa shape index (κ1) is 12.7. The zero-order valence-corrected chi connectivity index (χ0v) is 11.5. The maximum atomic E-state index is 5.89. The fourth-order valence-corrected chi connectivity index (χ4v) is 2.74. The summed E-state index contributed by atoms with van der Waals surface area (Å²) in [5.41, 5.74) is 2.89. The molecule has 2 rings (SSSR count). The van der Waals surface area contributed by atoms with Crippen LogP contribution in [0.3, 0.4) is 0 Å². The normalized spacial score (nSPS) is 20.7. The zero-order chi connectivity index (χ0) is 12.3. The van der Waals surface area contributed by atoms with Crippen LogP contribution >= 0.6 is 11.6 Å². The predicted octanol–water partition coefficient (Wildman–Crippen LogP) is 5.57. The monoisotopic (exact) mass is 248 g/mol. The van der Waals surface area contributed by atoms with Gasteiger partial charge in [-0.2, -0.15) is 0 Å². The van der Waals surface area contributed by atoms with Crippen molar-refractivity contribution in [3.63, 3.8) is 0 Å². The molecule has 0 atom stereocenters. The largest absolute Gasteiger partial charge is 0.0843 e. The standard InChI is InChI=1S/C16H21Cl/c1-12(2)15-7-3-13(4-8-15)11-14-5-9-16(17)10-6-14/h5-6,9-12,15H,3-4,7-8H2,1-2H3. The molecule has 0 spiro atoms. The average Bonchev–Trinajstić information content (AvgIpc) is 2.33. The Balaban J connectivity index is 1.98. The molecule has 0 saturated heterocycles. The lowest BCUT2D eigenvalue weighted by Crippen LogP contribution is -2.13. The fraction of sp³-hybridized carbons (Fsp3) is 0.500. The topological polar surface area (TPSA) is 0 Å². The van der Waals surface area contributed by atoms with Crippen LogP contribution in [-0.4, -0.2) is 0 Å². The number of hydrogen-bond donors (Lipinski definition) is 0. The van der Waals surface area contributed by atoms with Crippen molar-refractivity contribution >= 4 is 17.7 Å². The molecule has 0 radical (unpaired) electrons. The molecule has 1 aromatic rings. The molecule has 1 saturated carbocycles. The second kappa shape index (κ2) is 5.73. The van der Waals surface area contributed by atoms with Crippen molar-refractivity contribution in [2.24, 2.45) is 11.8 Å². The van der Waals surface area contributed by atoms with Gasteiger partial charge < -0.3 is 0 Å². The van der Waals surface area contributed by atoms with Gasteiger partial charge in [-0.05, 0) is 55.2 Å². The zero-order valence-electron chi connectivity index (χ0n) is 10.7. The van der Waals surface area contributed by atoms with Crippen molar-refractivity contribution in [1.82, 2.24) is 0 Å². The molecular weight excluding hydrogens is 228 g/mol. The summed E-state index contributed by atoms with van der Waals surface area (Å²) in [4.78, 5) is 0. The predicted molar refractivity (Wildman–Crippen MR) is 76.2 cm³/mol. The third-order valence-electron chi connectivity index (χ3n) is 3.86. The first-order valence-corrected chi connectivity index (χ1v) is 6.98. The minimum atomic E-state index is 0.815. The number of allylic oxidation sites excluding steroid dienone is 1. The highest BCUT2D eigenvalue weighted by Crippen LogP contribution is 2.33.